The van der Waals surface area contributed by atoms with Gasteiger partial charge >= 0.3 is 0 Å². The summed E-state index contributed by atoms with van der Waals surface area (Å²) < 4.78 is 0. The van der Waals surface area contributed by atoms with Crippen LogP contribution in [0.5, 0.6) is 0 Å². The Morgan fingerprint density at radius 1 is 1.11 bits per heavy atom. The van der Waals surface area contributed by atoms with Crippen molar-refractivity contribution in [2.75, 3.05) is 19.7 Å². The molecule has 0 aliphatic carbocycles. The van der Waals surface area contributed by atoms with E-state index in [0.29, 0.717) is 6.61 Å². The Hall–Kier alpha value is -0.860. The van der Waals surface area contributed by atoms with E-state index in [1.807, 2.05) is 0 Å². The van der Waals surface area contributed by atoms with E-state index >= 15 is 0 Å². The van der Waals surface area contributed by atoms with Gasteiger partial charge in [0.2, 0.25) is 0 Å². The third-order valence-electron chi connectivity index (χ3n) is 3.92. The van der Waals surface area contributed by atoms with Crippen LogP contribution in [0.1, 0.15) is 37.7 Å². The molecule has 1 unspecified atom stereocenters. The lowest BCUT2D eigenvalue weighted by Gasteiger charge is -2.24. The molecule has 1 aliphatic rings. The Balaban J connectivity index is 1.77. The van der Waals surface area contributed by atoms with Crippen LogP contribution >= 0.6 is 0 Å². The summed E-state index contributed by atoms with van der Waals surface area (Å²) in [5.74, 6) is 0. The van der Waals surface area contributed by atoms with Gasteiger partial charge < -0.3 is 10.0 Å². The summed E-state index contributed by atoms with van der Waals surface area (Å²) in [5.41, 5.74) is 1.46. The molecule has 2 heteroatoms. The topological polar surface area (TPSA) is 23.5 Å². The highest BCUT2D eigenvalue weighted by Crippen LogP contribution is 2.21. The molecular weight excluding hydrogens is 222 g/mol. The molecule has 1 aromatic rings. The number of hydrogen-bond donors (Lipinski definition) is 1. The van der Waals surface area contributed by atoms with Gasteiger partial charge in [-0.25, -0.2) is 0 Å². The molecule has 0 aromatic heterocycles. The molecule has 2 nitrogen and oxygen atoms in total. The smallest absolute Gasteiger partial charge is 0.0431 e. The van der Waals surface area contributed by atoms with Gasteiger partial charge in [0.25, 0.3) is 0 Å². The minimum Gasteiger partial charge on any atom is -0.396 e. The van der Waals surface area contributed by atoms with Crippen LogP contribution in [0.4, 0.5) is 0 Å². The predicted molar refractivity (Wildman–Crippen MR) is 75.7 cm³/mol. The number of benzene rings is 1. The van der Waals surface area contributed by atoms with Crippen molar-refractivity contribution in [3.63, 3.8) is 0 Å². The van der Waals surface area contributed by atoms with Crippen LogP contribution in [0.25, 0.3) is 0 Å². The zero-order valence-electron chi connectivity index (χ0n) is 11.2. The van der Waals surface area contributed by atoms with Gasteiger partial charge in [0.05, 0.1) is 0 Å². The van der Waals surface area contributed by atoms with Crippen molar-refractivity contribution in [3.05, 3.63) is 35.9 Å². The first-order valence-electron chi connectivity index (χ1n) is 7.29. The van der Waals surface area contributed by atoms with Gasteiger partial charge in [-0.3, -0.25) is 0 Å². The summed E-state index contributed by atoms with van der Waals surface area (Å²) >= 11 is 0. The highest BCUT2D eigenvalue weighted by atomic mass is 16.2. The number of likely N-dealkylation sites (tertiary alicyclic amines) is 1. The van der Waals surface area contributed by atoms with E-state index in [4.69, 9.17) is 5.11 Å². The maximum atomic E-state index is 8.79. The Morgan fingerprint density at radius 2 is 1.94 bits per heavy atom. The van der Waals surface area contributed by atoms with E-state index < -0.39 is 0 Å². The van der Waals surface area contributed by atoms with Gasteiger partial charge in [-0.2, -0.15) is 0 Å². The number of unbranched alkanes of at least 4 members (excludes halogenated alkanes) is 2. The van der Waals surface area contributed by atoms with Crippen LogP contribution in [-0.2, 0) is 6.42 Å². The molecule has 1 fully saturated rings. The van der Waals surface area contributed by atoms with Crippen molar-refractivity contribution in [2.45, 2.75) is 44.6 Å². The second kappa shape index (κ2) is 7.55. The summed E-state index contributed by atoms with van der Waals surface area (Å²) in [5, 5.41) is 8.79. The molecule has 0 radical (unpaired) electrons. The van der Waals surface area contributed by atoms with E-state index in [0.717, 1.165) is 18.9 Å². The SMILES string of the molecule is OCCCCCN1CCCC1Cc1ccccc1. The fourth-order valence-corrected chi connectivity index (χ4v) is 2.91. The average Bonchev–Trinajstić information content (AvgIpc) is 2.83. The first-order valence-corrected chi connectivity index (χ1v) is 7.29. The standard InChI is InChI=1S/C16H25NO/c18-13-6-2-5-11-17-12-7-10-16(17)14-15-8-3-1-4-9-15/h1,3-4,8-9,16,18H,2,5-7,10-14H2. The highest BCUT2D eigenvalue weighted by molar-refractivity contribution is 5.16. The lowest BCUT2D eigenvalue weighted by Crippen LogP contribution is -2.32. The molecular formula is C16H25NO. The molecule has 1 N–H and O–H groups in total. The van der Waals surface area contributed by atoms with Crippen LogP contribution in [-0.4, -0.2) is 35.7 Å². The van der Waals surface area contributed by atoms with Gasteiger partial charge in [0.15, 0.2) is 0 Å². The molecule has 0 amide bonds. The molecule has 0 bridgehead atoms. The van der Waals surface area contributed by atoms with Crippen molar-refractivity contribution < 1.29 is 5.11 Å². The maximum Gasteiger partial charge on any atom is 0.0431 e. The van der Waals surface area contributed by atoms with Gasteiger partial charge in [-0.15, -0.1) is 0 Å². The van der Waals surface area contributed by atoms with E-state index in [1.54, 1.807) is 0 Å². The first-order chi connectivity index (χ1) is 8.90. The summed E-state index contributed by atoms with van der Waals surface area (Å²) in [4.78, 5) is 2.64. The Morgan fingerprint density at radius 3 is 2.72 bits per heavy atom. The molecule has 0 saturated carbocycles. The fourth-order valence-electron chi connectivity index (χ4n) is 2.91. The largest absolute Gasteiger partial charge is 0.396 e. The maximum absolute atomic E-state index is 8.79. The molecule has 100 valence electrons. The number of hydrogen-bond acceptors (Lipinski definition) is 2. The van der Waals surface area contributed by atoms with E-state index in [2.05, 4.69) is 35.2 Å². The summed E-state index contributed by atoms with van der Waals surface area (Å²) in [6.07, 6.45) is 7.22. The van der Waals surface area contributed by atoms with Crippen molar-refractivity contribution in [3.8, 4) is 0 Å². The summed E-state index contributed by atoms with van der Waals surface area (Å²) in [6.45, 7) is 2.81. The lowest BCUT2D eigenvalue weighted by molar-refractivity contribution is 0.238. The van der Waals surface area contributed by atoms with Gasteiger partial charge in [-0.1, -0.05) is 30.3 Å². The van der Waals surface area contributed by atoms with Gasteiger partial charge in [-0.05, 0) is 57.2 Å². The normalized spacial score (nSPS) is 20.4. The minimum atomic E-state index is 0.341. The Labute approximate surface area is 111 Å². The van der Waals surface area contributed by atoms with Crippen molar-refractivity contribution in [1.82, 2.24) is 4.90 Å². The number of aliphatic hydroxyl groups excluding tert-OH is 1. The number of nitrogens with zero attached hydrogens (tertiary/aromatic N) is 1. The third-order valence-corrected chi connectivity index (χ3v) is 3.92. The Kier molecular flexibility index (Phi) is 5.69. The summed E-state index contributed by atoms with van der Waals surface area (Å²) in [6, 6.07) is 11.6. The third kappa shape index (κ3) is 4.11. The van der Waals surface area contributed by atoms with Crippen LogP contribution in [0.3, 0.4) is 0 Å². The fraction of sp³-hybridized carbons (Fsp3) is 0.625. The monoisotopic (exact) mass is 247 g/mol. The molecule has 18 heavy (non-hydrogen) atoms. The van der Waals surface area contributed by atoms with Crippen LogP contribution in [0.15, 0.2) is 30.3 Å². The van der Waals surface area contributed by atoms with Crippen molar-refractivity contribution >= 4 is 0 Å². The second-order valence-corrected chi connectivity index (χ2v) is 5.31. The molecule has 1 aliphatic heterocycles. The highest BCUT2D eigenvalue weighted by Gasteiger charge is 2.23. The predicted octanol–water partition coefficient (Wildman–Crippen LogP) is 2.86. The van der Waals surface area contributed by atoms with Crippen molar-refractivity contribution in [2.24, 2.45) is 0 Å². The minimum absolute atomic E-state index is 0.341. The zero-order valence-corrected chi connectivity index (χ0v) is 11.2. The van der Waals surface area contributed by atoms with Crippen LogP contribution < -0.4 is 0 Å². The first kappa shape index (κ1) is 13.6. The van der Waals surface area contributed by atoms with E-state index in [1.165, 1.54) is 44.3 Å². The lowest BCUT2D eigenvalue weighted by atomic mass is 10.0. The number of aliphatic hydroxyl groups is 1. The Bertz CT molecular complexity index is 325. The van der Waals surface area contributed by atoms with E-state index in [-0.39, 0.29) is 0 Å². The molecule has 0 spiro atoms. The quantitative estimate of drug-likeness (QED) is 0.749. The van der Waals surface area contributed by atoms with Gasteiger partial charge in [0.1, 0.15) is 0 Å². The zero-order chi connectivity index (χ0) is 12.6. The molecule has 2 rings (SSSR count). The van der Waals surface area contributed by atoms with Crippen molar-refractivity contribution in [1.29, 1.82) is 0 Å². The molecule has 1 saturated heterocycles. The second-order valence-electron chi connectivity index (χ2n) is 5.31. The molecule has 1 aromatic carbocycles. The molecule has 1 heterocycles. The van der Waals surface area contributed by atoms with Crippen LogP contribution in [0.2, 0.25) is 0 Å². The molecule has 1 atom stereocenters. The van der Waals surface area contributed by atoms with Crippen LogP contribution in [0, 0.1) is 0 Å². The summed E-state index contributed by atoms with van der Waals surface area (Å²) in [7, 11) is 0. The number of rotatable bonds is 7. The average molecular weight is 247 g/mol. The van der Waals surface area contributed by atoms with Gasteiger partial charge in [0, 0.05) is 12.6 Å². The van der Waals surface area contributed by atoms with E-state index in [9.17, 15) is 0 Å².